The van der Waals surface area contributed by atoms with E-state index in [0.717, 1.165) is 30.8 Å². The van der Waals surface area contributed by atoms with Crippen molar-refractivity contribution >= 4 is 5.97 Å². The van der Waals surface area contributed by atoms with Gasteiger partial charge in [0.2, 0.25) is 0 Å². The summed E-state index contributed by atoms with van der Waals surface area (Å²) in [5.74, 6) is 0.661. The molecule has 0 spiro atoms. The molecule has 0 N–H and O–H groups in total. The smallest absolute Gasteiger partial charge is 0.323 e. The number of likely N-dealkylation sites (tertiary alicyclic amines) is 1. The molecule has 5 heteroatoms. The van der Waals surface area contributed by atoms with Gasteiger partial charge in [0.05, 0.1) is 12.2 Å². The van der Waals surface area contributed by atoms with E-state index >= 15 is 0 Å². The molecule has 0 unspecified atom stereocenters. The molecule has 1 aliphatic rings. The first kappa shape index (κ1) is 14.1. The monoisotopic (exact) mass is 266 g/mol. The van der Waals surface area contributed by atoms with Crippen molar-refractivity contribution in [1.29, 1.82) is 0 Å². The SMILES string of the molecule is Cc1cc(CN2CCC[C@@H]2C(=O)OC(C)(C)C)on1. The minimum Gasteiger partial charge on any atom is -0.459 e. The van der Waals surface area contributed by atoms with Crippen molar-refractivity contribution in [3.8, 4) is 0 Å². The van der Waals surface area contributed by atoms with Crippen LogP contribution in [0.4, 0.5) is 0 Å². The number of ether oxygens (including phenoxy) is 1. The molecular formula is C14H22N2O3. The predicted octanol–water partition coefficient (Wildman–Crippen LogP) is 2.29. The van der Waals surface area contributed by atoms with Gasteiger partial charge in [0.25, 0.3) is 0 Å². The third kappa shape index (κ3) is 3.80. The standard InChI is InChI=1S/C14H22N2O3/c1-10-8-11(19-15-10)9-16-7-5-6-12(16)13(17)18-14(2,3)4/h8,12H,5-7,9H2,1-4H3/t12-/m1/s1. The zero-order valence-electron chi connectivity index (χ0n) is 12.1. The van der Waals surface area contributed by atoms with E-state index in [2.05, 4.69) is 10.1 Å². The molecule has 19 heavy (non-hydrogen) atoms. The predicted molar refractivity (Wildman–Crippen MR) is 70.5 cm³/mol. The average molecular weight is 266 g/mol. The van der Waals surface area contributed by atoms with Crippen LogP contribution >= 0.6 is 0 Å². The molecule has 1 atom stereocenters. The van der Waals surface area contributed by atoms with Crippen LogP contribution in [0.2, 0.25) is 0 Å². The summed E-state index contributed by atoms with van der Waals surface area (Å²) < 4.78 is 10.7. The number of nitrogens with zero attached hydrogens (tertiary/aromatic N) is 2. The lowest BCUT2D eigenvalue weighted by Gasteiger charge is -2.26. The molecule has 1 fully saturated rings. The van der Waals surface area contributed by atoms with Gasteiger partial charge in [-0.15, -0.1) is 0 Å². The quantitative estimate of drug-likeness (QED) is 0.786. The molecule has 2 heterocycles. The van der Waals surface area contributed by atoms with Crippen LogP contribution in [0.15, 0.2) is 10.6 Å². The van der Waals surface area contributed by atoms with E-state index in [4.69, 9.17) is 9.26 Å². The van der Waals surface area contributed by atoms with Crippen molar-refractivity contribution in [3.63, 3.8) is 0 Å². The van der Waals surface area contributed by atoms with E-state index in [1.54, 1.807) is 0 Å². The summed E-state index contributed by atoms with van der Waals surface area (Å²) in [6, 6.07) is 1.74. The molecule has 0 saturated carbocycles. The number of rotatable bonds is 3. The molecule has 2 rings (SSSR count). The minimum absolute atomic E-state index is 0.138. The highest BCUT2D eigenvalue weighted by atomic mass is 16.6. The Kier molecular flexibility index (Phi) is 3.94. The van der Waals surface area contributed by atoms with Gasteiger partial charge in [-0.2, -0.15) is 0 Å². The molecule has 1 saturated heterocycles. The van der Waals surface area contributed by atoms with Crippen LogP contribution < -0.4 is 0 Å². The van der Waals surface area contributed by atoms with Crippen LogP contribution in [0, 0.1) is 6.92 Å². The summed E-state index contributed by atoms with van der Waals surface area (Å²) in [4.78, 5) is 14.3. The third-order valence-corrected chi connectivity index (χ3v) is 3.08. The normalized spacial score (nSPS) is 20.7. The summed E-state index contributed by atoms with van der Waals surface area (Å²) in [5.41, 5.74) is 0.428. The molecule has 5 nitrogen and oxygen atoms in total. The van der Waals surface area contributed by atoms with E-state index in [0.29, 0.717) is 6.54 Å². The summed E-state index contributed by atoms with van der Waals surface area (Å²) in [5, 5.41) is 3.87. The highest BCUT2D eigenvalue weighted by molar-refractivity contribution is 5.76. The van der Waals surface area contributed by atoms with Crippen LogP contribution in [0.1, 0.15) is 45.1 Å². The Morgan fingerprint density at radius 3 is 2.89 bits per heavy atom. The van der Waals surface area contributed by atoms with Crippen molar-refractivity contribution in [2.45, 2.75) is 58.7 Å². The highest BCUT2D eigenvalue weighted by Crippen LogP contribution is 2.23. The summed E-state index contributed by atoms with van der Waals surface area (Å²) in [7, 11) is 0. The fourth-order valence-corrected chi connectivity index (χ4v) is 2.34. The zero-order valence-corrected chi connectivity index (χ0v) is 12.1. The van der Waals surface area contributed by atoms with Gasteiger partial charge in [0, 0.05) is 6.07 Å². The van der Waals surface area contributed by atoms with Gasteiger partial charge >= 0.3 is 5.97 Å². The van der Waals surface area contributed by atoms with Crippen molar-refractivity contribution in [1.82, 2.24) is 10.1 Å². The van der Waals surface area contributed by atoms with Gasteiger partial charge < -0.3 is 9.26 Å². The summed E-state index contributed by atoms with van der Waals surface area (Å²) in [6.45, 7) is 9.08. The fourth-order valence-electron chi connectivity index (χ4n) is 2.34. The van der Waals surface area contributed by atoms with E-state index in [1.807, 2.05) is 33.8 Å². The number of aryl methyl sites for hydroxylation is 1. The number of aromatic nitrogens is 1. The van der Waals surface area contributed by atoms with Crippen LogP contribution in [-0.2, 0) is 16.1 Å². The largest absolute Gasteiger partial charge is 0.459 e. The third-order valence-electron chi connectivity index (χ3n) is 3.08. The van der Waals surface area contributed by atoms with Gasteiger partial charge in [0.15, 0.2) is 5.76 Å². The molecule has 0 radical (unpaired) electrons. The maximum Gasteiger partial charge on any atom is 0.323 e. The number of carbonyl (C=O) groups excluding carboxylic acids is 1. The lowest BCUT2D eigenvalue weighted by atomic mass is 10.1. The first-order valence-electron chi connectivity index (χ1n) is 6.74. The number of carbonyl (C=O) groups is 1. The molecule has 1 aliphatic heterocycles. The molecule has 0 aliphatic carbocycles. The van der Waals surface area contributed by atoms with Crippen molar-refractivity contribution in [3.05, 3.63) is 17.5 Å². The Balaban J connectivity index is 1.98. The minimum atomic E-state index is -0.436. The van der Waals surface area contributed by atoms with E-state index < -0.39 is 5.60 Å². The Morgan fingerprint density at radius 1 is 1.58 bits per heavy atom. The number of esters is 1. The van der Waals surface area contributed by atoms with Crippen molar-refractivity contribution < 1.29 is 14.1 Å². The molecule has 0 bridgehead atoms. The topological polar surface area (TPSA) is 55.6 Å². The second-order valence-electron chi connectivity index (χ2n) is 6.10. The Labute approximate surface area is 113 Å². The van der Waals surface area contributed by atoms with Crippen LogP contribution in [-0.4, -0.2) is 34.2 Å². The maximum atomic E-state index is 12.2. The van der Waals surface area contributed by atoms with Crippen molar-refractivity contribution in [2.24, 2.45) is 0 Å². The van der Waals surface area contributed by atoms with E-state index in [1.165, 1.54) is 0 Å². The fraction of sp³-hybridized carbons (Fsp3) is 0.714. The summed E-state index contributed by atoms with van der Waals surface area (Å²) in [6.07, 6.45) is 1.86. The van der Waals surface area contributed by atoms with E-state index in [9.17, 15) is 4.79 Å². The van der Waals surface area contributed by atoms with Crippen molar-refractivity contribution in [2.75, 3.05) is 6.54 Å². The molecule has 1 aromatic rings. The van der Waals surface area contributed by atoms with Gasteiger partial charge in [-0.05, 0) is 47.1 Å². The van der Waals surface area contributed by atoms with E-state index in [-0.39, 0.29) is 12.0 Å². The molecule has 0 aromatic carbocycles. The summed E-state index contributed by atoms with van der Waals surface area (Å²) >= 11 is 0. The Hall–Kier alpha value is -1.36. The van der Waals surface area contributed by atoms with Gasteiger partial charge in [-0.3, -0.25) is 9.69 Å². The first-order chi connectivity index (χ1) is 8.85. The Morgan fingerprint density at radius 2 is 2.32 bits per heavy atom. The first-order valence-corrected chi connectivity index (χ1v) is 6.74. The molecule has 106 valence electrons. The second-order valence-corrected chi connectivity index (χ2v) is 6.10. The molecular weight excluding hydrogens is 244 g/mol. The lowest BCUT2D eigenvalue weighted by Crippen LogP contribution is -2.40. The van der Waals surface area contributed by atoms with Gasteiger partial charge in [0.1, 0.15) is 11.6 Å². The number of hydrogen-bond acceptors (Lipinski definition) is 5. The van der Waals surface area contributed by atoms with Crippen LogP contribution in [0.5, 0.6) is 0 Å². The molecule has 0 amide bonds. The Bertz CT molecular complexity index is 448. The second kappa shape index (κ2) is 5.33. The molecule has 1 aromatic heterocycles. The zero-order chi connectivity index (χ0) is 14.0. The average Bonchev–Trinajstić information content (AvgIpc) is 2.86. The van der Waals surface area contributed by atoms with Gasteiger partial charge in [-0.1, -0.05) is 5.16 Å². The van der Waals surface area contributed by atoms with Crippen LogP contribution in [0.3, 0.4) is 0 Å². The maximum absolute atomic E-state index is 12.2. The van der Waals surface area contributed by atoms with Crippen LogP contribution in [0.25, 0.3) is 0 Å². The van der Waals surface area contributed by atoms with Gasteiger partial charge in [-0.25, -0.2) is 0 Å². The lowest BCUT2D eigenvalue weighted by molar-refractivity contribution is -0.160. The number of hydrogen-bond donors (Lipinski definition) is 0. The highest BCUT2D eigenvalue weighted by Gasteiger charge is 2.34.